The summed E-state index contributed by atoms with van der Waals surface area (Å²) < 4.78 is 13.1. The number of nitrogens with one attached hydrogen (secondary N) is 2. The predicted octanol–water partition coefficient (Wildman–Crippen LogP) is 4.98. The summed E-state index contributed by atoms with van der Waals surface area (Å²) in [5.41, 5.74) is 3.93. The lowest BCUT2D eigenvalue weighted by atomic mass is 9.90. The summed E-state index contributed by atoms with van der Waals surface area (Å²) in [6, 6.07) is 21.8. The van der Waals surface area contributed by atoms with Crippen molar-refractivity contribution in [1.82, 2.24) is 10.2 Å². The Balaban J connectivity index is 1.41. The number of aromatic hydroxyl groups is 1. The second-order valence-electron chi connectivity index (χ2n) is 12.1. The van der Waals surface area contributed by atoms with E-state index in [1.165, 1.54) is 6.92 Å². The van der Waals surface area contributed by atoms with Crippen LogP contribution in [0, 0.1) is 5.92 Å². The molecule has 0 saturated carbocycles. The molecule has 3 aromatic rings. The second kappa shape index (κ2) is 17.2. The van der Waals surface area contributed by atoms with Gasteiger partial charge in [-0.15, -0.1) is 0 Å². The number of nitrogens with zero attached hydrogens (tertiary/aromatic N) is 1. The molecule has 0 aliphatic carbocycles. The van der Waals surface area contributed by atoms with Crippen molar-refractivity contribution in [2.45, 2.75) is 70.7 Å². The van der Waals surface area contributed by atoms with Gasteiger partial charge in [-0.1, -0.05) is 61.9 Å². The molecule has 5 N–H and O–H groups in total. The molecule has 1 aliphatic rings. The number of likely N-dealkylation sites (N-methyl/N-ethyl adjacent to an activating group) is 1. The molecule has 0 radical (unpaired) electrons. The third kappa shape index (κ3) is 10.4. The lowest BCUT2D eigenvalue weighted by Crippen LogP contribution is -2.44. The number of hydrogen-bond acceptors (Lipinski definition) is 8. The van der Waals surface area contributed by atoms with E-state index in [0.717, 1.165) is 36.0 Å². The molecule has 1 aliphatic heterocycles. The van der Waals surface area contributed by atoms with Gasteiger partial charge in [0.05, 0.1) is 24.9 Å². The van der Waals surface area contributed by atoms with E-state index in [9.17, 15) is 24.9 Å². The molecule has 3 aromatic carbocycles. The summed E-state index contributed by atoms with van der Waals surface area (Å²) in [5, 5.41) is 35.9. The molecule has 0 unspecified atom stereocenters. The van der Waals surface area contributed by atoms with Crippen molar-refractivity contribution in [1.29, 1.82) is 0 Å². The highest BCUT2D eigenvalue weighted by Crippen LogP contribution is 2.42. The van der Waals surface area contributed by atoms with Crippen LogP contribution in [0.1, 0.15) is 80.3 Å². The van der Waals surface area contributed by atoms with Gasteiger partial charge >= 0.3 is 0 Å². The number of benzene rings is 3. The van der Waals surface area contributed by atoms with E-state index in [0.29, 0.717) is 37.3 Å². The molecule has 0 bridgehead atoms. The van der Waals surface area contributed by atoms with Crippen molar-refractivity contribution in [2.24, 2.45) is 5.92 Å². The molecule has 0 spiro atoms. The summed E-state index contributed by atoms with van der Waals surface area (Å²) in [6.07, 6.45) is 0.865. The molecule has 5 atom stereocenters. The van der Waals surface area contributed by atoms with E-state index in [-0.39, 0.29) is 42.3 Å². The molecular formula is C36H47N3O7. The number of anilines is 1. The summed E-state index contributed by atoms with van der Waals surface area (Å²) in [5.74, 6) is -0.0302. The van der Waals surface area contributed by atoms with Gasteiger partial charge in [0.2, 0.25) is 11.8 Å². The summed E-state index contributed by atoms with van der Waals surface area (Å²) >= 11 is 0. The topological polar surface area (TPSA) is 141 Å². The SMILES string of the molecule is CC(=O)NCCCCCC(=O)Nc1ccc([C@H]2O[C@@H](CN(C)C[C@@H](O)c3cccc(O)c3)[C@@H](C)[C@@H](c3ccc(CO)cc3)O2)cc1. The Hall–Kier alpha value is -3.80. The average Bonchev–Trinajstić information content (AvgIpc) is 3.04. The minimum absolute atomic E-state index is 0.0339. The Kier molecular flexibility index (Phi) is 13.1. The van der Waals surface area contributed by atoms with Gasteiger partial charge in [0.1, 0.15) is 5.75 Å². The van der Waals surface area contributed by atoms with Crippen LogP contribution in [0.4, 0.5) is 5.69 Å². The average molecular weight is 634 g/mol. The number of hydrogen-bond donors (Lipinski definition) is 5. The highest BCUT2D eigenvalue weighted by Gasteiger charge is 2.39. The van der Waals surface area contributed by atoms with Crippen LogP contribution in [0.15, 0.2) is 72.8 Å². The van der Waals surface area contributed by atoms with Gasteiger partial charge in [0, 0.05) is 50.1 Å². The van der Waals surface area contributed by atoms with Crippen LogP contribution >= 0.6 is 0 Å². The quantitative estimate of drug-likeness (QED) is 0.148. The van der Waals surface area contributed by atoms with E-state index in [4.69, 9.17) is 9.47 Å². The molecule has 4 rings (SSSR count). The van der Waals surface area contributed by atoms with E-state index in [1.54, 1.807) is 24.3 Å². The molecule has 10 nitrogen and oxygen atoms in total. The van der Waals surface area contributed by atoms with Gasteiger partial charge < -0.3 is 40.3 Å². The van der Waals surface area contributed by atoms with Crippen molar-refractivity contribution in [3.05, 3.63) is 95.1 Å². The van der Waals surface area contributed by atoms with E-state index in [1.807, 2.05) is 60.5 Å². The summed E-state index contributed by atoms with van der Waals surface area (Å²) in [6.45, 7) is 5.04. The maximum absolute atomic E-state index is 12.5. The first-order chi connectivity index (χ1) is 22.1. The summed E-state index contributed by atoms with van der Waals surface area (Å²) in [4.78, 5) is 25.4. The molecule has 1 saturated heterocycles. The summed E-state index contributed by atoms with van der Waals surface area (Å²) in [7, 11) is 1.93. The van der Waals surface area contributed by atoms with Gasteiger partial charge in [0.15, 0.2) is 6.29 Å². The predicted molar refractivity (Wildman–Crippen MR) is 176 cm³/mol. The lowest BCUT2D eigenvalue weighted by molar-refractivity contribution is -0.276. The minimum atomic E-state index is -0.781. The highest BCUT2D eigenvalue weighted by molar-refractivity contribution is 5.90. The van der Waals surface area contributed by atoms with Crippen LogP contribution in [0.25, 0.3) is 0 Å². The number of carbonyl (C=O) groups excluding carboxylic acids is 2. The Labute approximate surface area is 271 Å². The van der Waals surface area contributed by atoms with Crippen LogP contribution in [0.5, 0.6) is 5.75 Å². The first kappa shape index (κ1) is 35.1. The van der Waals surface area contributed by atoms with E-state index < -0.39 is 12.4 Å². The maximum atomic E-state index is 12.5. The molecule has 0 aromatic heterocycles. The van der Waals surface area contributed by atoms with Crippen molar-refractivity contribution >= 4 is 17.5 Å². The Morgan fingerprint density at radius 3 is 2.35 bits per heavy atom. The fourth-order valence-electron chi connectivity index (χ4n) is 5.64. The number of amides is 2. The fraction of sp³-hybridized carbons (Fsp3) is 0.444. The number of phenolic OH excluding ortho intramolecular Hbond substituents is 1. The van der Waals surface area contributed by atoms with Crippen LogP contribution < -0.4 is 10.6 Å². The third-order valence-corrected chi connectivity index (χ3v) is 8.28. The van der Waals surface area contributed by atoms with Gasteiger partial charge in [-0.3, -0.25) is 9.59 Å². The number of aliphatic hydroxyl groups excluding tert-OH is 2. The third-order valence-electron chi connectivity index (χ3n) is 8.28. The number of phenols is 1. The minimum Gasteiger partial charge on any atom is -0.508 e. The molecule has 1 heterocycles. The number of rotatable bonds is 15. The zero-order valence-corrected chi connectivity index (χ0v) is 26.9. The normalized spacial score (nSPS) is 20.3. The van der Waals surface area contributed by atoms with E-state index in [2.05, 4.69) is 17.6 Å². The zero-order chi connectivity index (χ0) is 33.1. The molecule has 2 amide bonds. The molecule has 46 heavy (non-hydrogen) atoms. The largest absolute Gasteiger partial charge is 0.508 e. The standard InChI is InChI=1S/C36H47N3O7/c1-24-33(22-39(3)21-32(43)29-8-7-9-31(42)20-29)45-36(46-35(24)27-13-11-26(23-40)12-14-27)28-15-17-30(18-16-28)38-34(44)10-5-4-6-19-37-25(2)41/h7-9,11-18,20,24,32-33,35-36,40,42-43H,4-6,10,19,21-23H2,1-3H3,(H,37,41)(H,38,44)/t24-,32-,33+,35+,36+/m1/s1. The molecule has 10 heteroatoms. The molecular weight excluding hydrogens is 586 g/mol. The van der Waals surface area contributed by atoms with Crippen molar-refractivity contribution in [3.8, 4) is 5.75 Å². The van der Waals surface area contributed by atoms with Crippen molar-refractivity contribution < 1.29 is 34.4 Å². The van der Waals surface area contributed by atoms with Crippen molar-refractivity contribution in [2.75, 3.05) is 32.0 Å². The number of carbonyl (C=O) groups is 2. The Morgan fingerprint density at radius 2 is 1.67 bits per heavy atom. The van der Waals surface area contributed by atoms with E-state index >= 15 is 0 Å². The first-order valence-electron chi connectivity index (χ1n) is 15.9. The van der Waals surface area contributed by atoms with Crippen LogP contribution in [-0.2, 0) is 25.7 Å². The first-order valence-corrected chi connectivity index (χ1v) is 15.9. The van der Waals surface area contributed by atoms with Crippen molar-refractivity contribution in [3.63, 3.8) is 0 Å². The van der Waals surface area contributed by atoms with Gasteiger partial charge in [0.25, 0.3) is 0 Å². The molecule has 1 fully saturated rings. The number of ether oxygens (including phenoxy) is 2. The van der Waals surface area contributed by atoms with Gasteiger partial charge in [-0.2, -0.15) is 0 Å². The zero-order valence-electron chi connectivity index (χ0n) is 26.9. The second-order valence-corrected chi connectivity index (χ2v) is 12.1. The Bertz CT molecular complexity index is 1400. The lowest BCUT2D eigenvalue weighted by Gasteiger charge is -2.42. The van der Waals surface area contributed by atoms with Crippen LogP contribution in [0.2, 0.25) is 0 Å². The number of aliphatic hydroxyl groups is 2. The fourth-order valence-corrected chi connectivity index (χ4v) is 5.64. The van der Waals surface area contributed by atoms with Crippen LogP contribution in [0.3, 0.4) is 0 Å². The van der Waals surface area contributed by atoms with Crippen LogP contribution in [-0.4, -0.2) is 64.8 Å². The maximum Gasteiger partial charge on any atom is 0.224 e. The number of unbranched alkanes of at least 4 members (excludes halogenated alkanes) is 2. The smallest absolute Gasteiger partial charge is 0.224 e. The van der Waals surface area contributed by atoms with Gasteiger partial charge in [-0.05, 0) is 60.8 Å². The Morgan fingerprint density at radius 1 is 0.957 bits per heavy atom. The van der Waals surface area contributed by atoms with Gasteiger partial charge in [-0.25, -0.2) is 0 Å². The molecule has 248 valence electrons. The monoisotopic (exact) mass is 633 g/mol. The highest BCUT2D eigenvalue weighted by atomic mass is 16.7.